The van der Waals surface area contributed by atoms with Crippen LogP contribution in [0.2, 0.25) is 0 Å². The Kier molecular flexibility index (Phi) is 4.43. The van der Waals surface area contributed by atoms with Crippen LogP contribution in [0.5, 0.6) is 5.75 Å². The first-order chi connectivity index (χ1) is 7.22. The van der Waals surface area contributed by atoms with Gasteiger partial charge in [-0.15, -0.1) is 5.92 Å². The van der Waals surface area contributed by atoms with Gasteiger partial charge in [0.05, 0.1) is 5.69 Å². The highest BCUT2D eigenvalue weighted by molar-refractivity contribution is 5.82. The first kappa shape index (κ1) is 11.3. The Morgan fingerprint density at radius 3 is 2.47 bits per heavy atom. The number of nitrogens with zero attached hydrogens (tertiary/aromatic N) is 1. The Morgan fingerprint density at radius 1 is 1.27 bits per heavy atom. The Bertz CT molecular complexity index is 389. The summed E-state index contributed by atoms with van der Waals surface area (Å²) >= 11 is 0. The molecule has 0 heterocycles. The number of benzene rings is 1. The summed E-state index contributed by atoms with van der Waals surface area (Å²) in [5.41, 5.74) is 1.99. The summed E-state index contributed by atoms with van der Waals surface area (Å²) in [5, 5.41) is 0. The third-order valence-electron chi connectivity index (χ3n) is 1.68. The minimum absolute atomic E-state index is 0.436. The molecule has 0 radical (unpaired) electrons. The quantitative estimate of drug-likeness (QED) is 0.543. The lowest BCUT2D eigenvalue weighted by molar-refractivity contribution is 0.370. The second-order valence-corrected chi connectivity index (χ2v) is 3.27. The molecule has 1 rings (SSSR count). The van der Waals surface area contributed by atoms with Crippen molar-refractivity contribution in [1.82, 2.24) is 0 Å². The standard InChI is InChI=1S/C13H15NO/c1-4-5-10-15-13-8-6-12(7-9-13)14-11(2)3/h6-9H,10H2,1-3H3. The predicted molar refractivity (Wildman–Crippen MR) is 63.8 cm³/mol. The van der Waals surface area contributed by atoms with E-state index in [-0.39, 0.29) is 0 Å². The molecule has 1 aromatic carbocycles. The van der Waals surface area contributed by atoms with Crippen molar-refractivity contribution in [3.05, 3.63) is 24.3 Å². The van der Waals surface area contributed by atoms with E-state index in [9.17, 15) is 0 Å². The summed E-state index contributed by atoms with van der Waals surface area (Å²) in [4.78, 5) is 4.33. The summed E-state index contributed by atoms with van der Waals surface area (Å²) in [6.07, 6.45) is 0. The van der Waals surface area contributed by atoms with Gasteiger partial charge in [0.15, 0.2) is 0 Å². The molecule has 0 aliphatic heterocycles. The fourth-order valence-corrected chi connectivity index (χ4v) is 1.07. The summed E-state index contributed by atoms with van der Waals surface area (Å²) in [7, 11) is 0. The van der Waals surface area contributed by atoms with Crippen LogP contribution in [0.1, 0.15) is 20.8 Å². The zero-order valence-corrected chi connectivity index (χ0v) is 9.37. The van der Waals surface area contributed by atoms with E-state index in [2.05, 4.69) is 16.8 Å². The molecule has 0 atom stereocenters. The van der Waals surface area contributed by atoms with E-state index in [0.29, 0.717) is 6.61 Å². The van der Waals surface area contributed by atoms with Crippen LogP contribution in [0.25, 0.3) is 0 Å². The van der Waals surface area contributed by atoms with Crippen LogP contribution in [0.15, 0.2) is 29.3 Å². The van der Waals surface area contributed by atoms with Crippen molar-refractivity contribution >= 4 is 11.4 Å². The Balaban J connectivity index is 2.63. The van der Waals surface area contributed by atoms with Gasteiger partial charge in [-0.05, 0) is 45.0 Å². The van der Waals surface area contributed by atoms with Crippen molar-refractivity contribution in [2.75, 3.05) is 6.61 Å². The second-order valence-electron chi connectivity index (χ2n) is 3.27. The molecule has 0 aliphatic carbocycles. The van der Waals surface area contributed by atoms with E-state index in [4.69, 9.17) is 4.74 Å². The lowest BCUT2D eigenvalue weighted by Crippen LogP contribution is -1.92. The van der Waals surface area contributed by atoms with E-state index in [0.717, 1.165) is 17.1 Å². The SMILES string of the molecule is CC#CCOc1ccc(N=C(C)C)cc1. The zero-order chi connectivity index (χ0) is 11.1. The number of ether oxygens (including phenoxy) is 1. The summed E-state index contributed by atoms with van der Waals surface area (Å²) in [5.74, 6) is 6.45. The van der Waals surface area contributed by atoms with Gasteiger partial charge in [-0.2, -0.15) is 0 Å². The molecular formula is C13H15NO. The third-order valence-corrected chi connectivity index (χ3v) is 1.68. The van der Waals surface area contributed by atoms with Gasteiger partial charge in [0.1, 0.15) is 12.4 Å². The summed E-state index contributed by atoms with van der Waals surface area (Å²) in [6.45, 7) is 6.18. The molecule has 0 amide bonds. The van der Waals surface area contributed by atoms with Gasteiger partial charge in [0, 0.05) is 5.71 Å². The molecule has 78 valence electrons. The second kappa shape index (κ2) is 5.87. The van der Waals surface area contributed by atoms with Gasteiger partial charge in [-0.1, -0.05) is 5.92 Å². The highest BCUT2D eigenvalue weighted by Crippen LogP contribution is 2.18. The molecule has 0 saturated carbocycles. The number of rotatable bonds is 3. The van der Waals surface area contributed by atoms with Gasteiger partial charge < -0.3 is 4.74 Å². The number of hydrogen-bond donors (Lipinski definition) is 0. The van der Waals surface area contributed by atoms with Gasteiger partial charge >= 0.3 is 0 Å². The third kappa shape index (κ3) is 4.33. The minimum Gasteiger partial charge on any atom is -0.481 e. The minimum atomic E-state index is 0.436. The molecule has 0 spiro atoms. The van der Waals surface area contributed by atoms with Crippen molar-refractivity contribution < 1.29 is 4.74 Å². The fraction of sp³-hybridized carbons (Fsp3) is 0.308. The molecule has 1 aromatic rings. The molecule has 0 aliphatic rings. The van der Waals surface area contributed by atoms with E-state index in [1.165, 1.54) is 0 Å². The number of hydrogen-bond acceptors (Lipinski definition) is 2. The summed E-state index contributed by atoms with van der Waals surface area (Å²) in [6, 6.07) is 7.67. The van der Waals surface area contributed by atoms with Crippen LogP contribution in [-0.4, -0.2) is 12.3 Å². The van der Waals surface area contributed by atoms with E-state index >= 15 is 0 Å². The molecule has 0 saturated heterocycles. The number of aliphatic imine (C=N–C) groups is 1. The van der Waals surface area contributed by atoms with Crippen LogP contribution in [0.3, 0.4) is 0 Å². The lowest BCUT2D eigenvalue weighted by atomic mass is 10.3. The van der Waals surface area contributed by atoms with Crippen molar-refractivity contribution in [3.8, 4) is 17.6 Å². The highest BCUT2D eigenvalue weighted by atomic mass is 16.5. The zero-order valence-electron chi connectivity index (χ0n) is 9.37. The van der Waals surface area contributed by atoms with Crippen molar-refractivity contribution in [3.63, 3.8) is 0 Å². The molecule has 0 fully saturated rings. The molecule has 0 N–H and O–H groups in total. The molecule has 0 unspecified atom stereocenters. The average molecular weight is 201 g/mol. The Hall–Kier alpha value is -1.75. The summed E-state index contributed by atoms with van der Waals surface area (Å²) < 4.78 is 5.38. The van der Waals surface area contributed by atoms with Gasteiger partial charge in [0.25, 0.3) is 0 Å². The maximum absolute atomic E-state index is 5.38. The van der Waals surface area contributed by atoms with Crippen molar-refractivity contribution in [2.24, 2.45) is 4.99 Å². The molecule has 0 bridgehead atoms. The smallest absolute Gasteiger partial charge is 0.149 e. The topological polar surface area (TPSA) is 21.6 Å². The van der Waals surface area contributed by atoms with Crippen LogP contribution >= 0.6 is 0 Å². The van der Waals surface area contributed by atoms with E-state index < -0.39 is 0 Å². The van der Waals surface area contributed by atoms with E-state index in [1.807, 2.05) is 38.1 Å². The molecule has 0 aromatic heterocycles. The Labute approximate surface area is 91.0 Å². The van der Waals surface area contributed by atoms with Crippen molar-refractivity contribution in [2.45, 2.75) is 20.8 Å². The first-order valence-electron chi connectivity index (χ1n) is 4.86. The molecular weight excluding hydrogens is 186 g/mol. The molecule has 15 heavy (non-hydrogen) atoms. The largest absolute Gasteiger partial charge is 0.481 e. The van der Waals surface area contributed by atoms with Crippen LogP contribution in [0, 0.1) is 11.8 Å². The Morgan fingerprint density at radius 2 is 1.93 bits per heavy atom. The highest BCUT2D eigenvalue weighted by Gasteiger charge is 1.92. The molecule has 2 nitrogen and oxygen atoms in total. The van der Waals surface area contributed by atoms with Crippen molar-refractivity contribution in [1.29, 1.82) is 0 Å². The lowest BCUT2D eigenvalue weighted by Gasteiger charge is -2.01. The normalized spacial score (nSPS) is 8.73. The van der Waals surface area contributed by atoms with Gasteiger partial charge in [-0.3, -0.25) is 4.99 Å². The first-order valence-corrected chi connectivity index (χ1v) is 4.86. The van der Waals surface area contributed by atoms with Crippen LogP contribution in [-0.2, 0) is 0 Å². The average Bonchev–Trinajstić information content (AvgIpc) is 2.20. The monoisotopic (exact) mass is 201 g/mol. The van der Waals surface area contributed by atoms with Crippen LogP contribution < -0.4 is 4.74 Å². The molecule has 2 heteroatoms. The fourth-order valence-electron chi connectivity index (χ4n) is 1.07. The maximum atomic E-state index is 5.38. The van der Waals surface area contributed by atoms with Crippen LogP contribution in [0.4, 0.5) is 5.69 Å². The van der Waals surface area contributed by atoms with Gasteiger partial charge in [-0.25, -0.2) is 0 Å². The predicted octanol–water partition coefficient (Wildman–Crippen LogP) is 3.20. The van der Waals surface area contributed by atoms with Gasteiger partial charge in [0.2, 0.25) is 0 Å². The maximum Gasteiger partial charge on any atom is 0.149 e. The van der Waals surface area contributed by atoms with E-state index in [1.54, 1.807) is 6.92 Å².